The predicted octanol–water partition coefficient (Wildman–Crippen LogP) is 1.45. The van der Waals surface area contributed by atoms with Crippen molar-refractivity contribution < 1.29 is 12.8 Å². The Kier molecular flexibility index (Phi) is 4.05. The molecule has 1 aliphatic rings. The highest BCUT2D eigenvalue weighted by Gasteiger charge is 2.30. The van der Waals surface area contributed by atoms with E-state index in [1.165, 1.54) is 18.2 Å². The number of rotatable bonds is 4. The molecule has 2 rings (SSSR count). The first-order chi connectivity index (χ1) is 8.90. The van der Waals surface area contributed by atoms with Gasteiger partial charge in [0, 0.05) is 17.8 Å². The number of benzene rings is 1. The average Bonchev–Trinajstić information content (AvgIpc) is 2.66. The highest BCUT2D eigenvalue weighted by atomic mass is 32.2. The number of sulfone groups is 1. The van der Waals surface area contributed by atoms with E-state index in [9.17, 15) is 12.8 Å². The second-order valence-corrected chi connectivity index (χ2v) is 7.41. The van der Waals surface area contributed by atoms with Crippen molar-refractivity contribution in [3.8, 4) is 0 Å². The molecule has 0 aromatic heterocycles. The Bertz CT molecular complexity index is 602. The van der Waals surface area contributed by atoms with Gasteiger partial charge in [0.2, 0.25) is 0 Å². The molecular weight excluding hydrogens is 287 g/mol. The zero-order valence-electron chi connectivity index (χ0n) is 10.2. The van der Waals surface area contributed by atoms with Crippen LogP contribution in [0.3, 0.4) is 0 Å². The smallest absolute Gasteiger partial charge is 0.154 e. The average molecular weight is 302 g/mol. The number of nitrogens with two attached hydrogens (primary N) is 1. The number of nitrogens with one attached hydrogen (secondary N) is 1. The van der Waals surface area contributed by atoms with Crippen molar-refractivity contribution in [2.75, 3.05) is 17.6 Å². The summed E-state index contributed by atoms with van der Waals surface area (Å²) < 4.78 is 36.5. The number of anilines is 1. The van der Waals surface area contributed by atoms with Gasteiger partial charge in [-0.25, -0.2) is 12.8 Å². The van der Waals surface area contributed by atoms with Crippen LogP contribution in [0.15, 0.2) is 18.2 Å². The fraction of sp³-hybridized carbons (Fsp3) is 0.417. The molecule has 0 saturated carbocycles. The van der Waals surface area contributed by atoms with E-state index < -0.39 is 20.9 Å². The van der Waals surface area contributed by atoms with Gasteiger partial charge >= 0.3 is 0 Å². The second-order valence-electron chi connectivity index (χ2n) is 4.57. The van der Waals surface area contributed by atoms with Gasteiger partial charge in [-0.15, -0.1) is 0 Å². The lowest BCUT2D eigenvalue weighted by Crippen LogP contribution is -2.26. The third kappa shape index (κ3) is 3.22. The molecule has 0 radical (unpaired) electrons. The van der Waals surface area contributed by atoms with E-state index in [2.05, 4.69) is 5.32 Å². The summed E-state index contributed by atoms with van der Waals surface area (Å²) in [5, 5.41) is 2.61. The van der Waals surface area contributed by atoms with Gasteiger partial charge in [-0.3, -0.25) is 0 Å². The van der Waals surface area contributed by atoms with Crippen LogP contribution in [0.4, 0.5) is 10.1 Å². The van der Waals surface area contributed by atoms with E-state index in [1.54, 1.807) is 0 Å². The molecule has 1 heterocycles. The highest BCUT2D eigenvalue weighted by Crippen LogP contribution is 2.22. The maximum atomic E-state index is 13.1. The quantitative estimate of drug-likeness (QED) is 0.824. The Labute approximate surface area is 117 Å². The van der Waals surface area contributed by atoms with Gasteiger partial charge in [-0.2, -0.15) is 0 Å². The van der Waals surface area contributed by atoms with Crippen LogP contribution in [0.1, 0.15) is 18.4 Å². The minimum atomic E-state index is -3.00. The summed E-state index contributed by atoms with van der Waals surface area (Å²) in [5.74, 6) is -0.188. The fourth-order valence-corrected chi connectivity index (χ4v) is 4.12. The summed E-state index contributed by atoms with van der Waals surface area (Å²) in [7, 11) is -3.00. The van der Waals surface area contributed by atoms with Crippen molar-refractivity contribution >= 4 is 32.7 Å². The van der Waals surface area contributed by atoms with Crippen LogP contribution in [-0.2, 0) is 9.84 Å². The van der Waals surface area contributed by atoms with Gasteiger partial charge in [0.05, 0.1) is 11.0 Å². The molecule has 1 saturated heterocycles. The predicted molar refractivity (Wildman–Crippen MR) is 77.6 cm³/mol. The first-order valence-electron chi connectivity index (χ1n) is 5.95. The summed E-state index contributed by atoms with van der Waals surface area (Å²) in [6.07, 6.45) is 1.35. The molecule has 1 fully saturated rings. The van der Waals surface area contributed by atoms with Crippen LogP contribution in [0.25, 0.3) is 0 Å². The van der Waals surface area contributed by atoms with Crippen molar-refractivity contribution in [3.05, 3.63) is 29.6 Å². The van der Waals surface area contributed by atoms with Gasteiger partial charge in [0.15, 0.2) is 9.84 Å². The molecule has 0 spiro atoms. The zero-order chi connectivity index (χ0) is 14.0. The lowest BCUT2D eigenvalue weighted by molar-refractivity contribution is 0.591. The molecule has 1 aromatic rings. The van der Waals surface area contributed by atoms with E-state index in [1.807, 2.05) is 0 Å². The summed E-state index contributed by atoms with van der Waals surface area (Å²) >= 11 is 4.86. The van der Waals surface area contributed by atoms with E-state index in [-0.39, 0.29) is 10.7 Å². The van der Waals surface area contributed by atoms with Crippen LogP contribution in [-0.4, -0.2) is 31.0 Å². The number of thiocarbonyl (C=S) groups is 1. The molecule has 19 heavy (non-hydrogen) atoms. The first-order valence-corrected chi connectivity index (χ1v) is 8.07. The van der Waals surface area contributed by atoms with Crippen LogP contribution >= 0.6 is 12.2 Å². The topological polar surface area (TPSA) is 72.2 Å². The second kappa shape index (κ2) is 5.42. The van der Waals surface area contributed by atoms with Gasteiger partial charge in [0.1, 0.15) is 10.8 Å². The van der Waals surface area contributed by atoms with Gasteiger partial charge in [0.25, 0.3) is 0 Å². The third-order valence-corrected chi connectivity index (χ3v) is 5.73. The molecule has 0 aliphatic carbocycles. The van der Waals surface area contributed by atoms with Gasteiger partial charge in [-0.05, 0) is 31.0 Å². The molecule has 3 N–H and O–H groups in total. The first kappa shape index (κ1) is 14.2. The van der Waals surface area contributed by atoms with E-state index >= 15 is 0 Å². The third-order valence-electron chi connectivity index (χ3n) is 3.23. The molecule has 1 aliphatic heterocycles. The molecule has 104 valence electrons. The number of halogens is 1. The molecule has 1 atom stereocenters. The SMILES string of the molecule is NC(=S)c1cc(F)ccc1NCC1CCCS1(=O)=O. The van der Waals surface area contributed by atoms with Crippen molar-refractivity contribution in [2.45, 2.75) is 18.1 Å². The number of hydrogen-bond donors (Lipinski definition) is 2. The molecule has 0 amide bonds. The van der Waals surface area contributed by atoms with Crippen LogP contribution in [0.5, 0.6) is 0 Å². The Morgan fingerprint density at radius 2 is 2.26 bits per heavy atom. The van der Waals surface area contributed by atoms with Crippen LogP contribution < -0.4 is 11.1 Å². The summed E-state index contributed by atoms with van der Waals surface area (Å²) in [5.41, 5.74) is 6.49. The zero-order valence-corrected chi connectivity index (χ0v) is 11.9. The molecule has 1 aromatic carbocycles. The van der Waals surface area contributed by atoms with Crippen molar-refractivity contribution in [1.29, 1.82) is 0 Å². The largest absolute Gasteiger partial charge is 0.389 e. The van der Waals surface area contributed by atoms with Crippen LogP contribution in [0.2, 0.25) is 0 Å². The molecule has 0 bridgehead atoms. The maximum Gasteiger partial charge on any atom is 0.154 e. The Hall–Kier alpha value is -1.21. The minimum absolute atomic E-state index is 0.0799. The van der Waals surface area contributed by atoms with Crippen molar-refractivity contribution in [3.63, 3.8) is 0 Å². The van der Waals surface area contributed by atoms with Gasteiger partial charge in [-0.1, -0.05) is 12.2 Å². The van der Waals surface area contributed by atoms with Crippen LogP contribution in [0, 0.1) is 5.82 Å². The Balaban J connectivity index is 2.14. The molecule has 4 nitrogen and oxygen atoms in total. The summed E-state index contributed by atoms with van der Waals surface area (Å²) in [6.45, 7) is 0.295. The van der Waals surface area contributed by atoms with Crippen molar-refractivity contribution in [2.24, 2.45) is 5.73 Å². The lowest BCUT2D eigenvalue weighted by Gasteiger charge is -2.14. The standard InChI is InChI=1S/C12H15FN2O2S2/c13-8-3-4-11(10(6-8)12(14)18)15-7-9-2-1-5-19(9,16)17/h3-4,6,9,15H,1-2,5,7H2,(H2,14,18). The van der Waals surface area contributed by atoms with E-state index in [0.717, 1.165) is 0 Å². The monoisotopic (exact) mass is 302 g/mol. The van der Waals surface area contributed by atoms with Crippen molar-refractivity contribution in [1.82, 2.24) is 0 Å². The van der Waals surface area contributed by atoms with E-state index in [4.69, 9.17) is 18.0 Å². The van der Waals surface area contributed by atoms with Gasteiger partial charge < -0.3 is 11.1 Å². The minimum Gasteiger partial charge on any atom is -0.389 e. The Morgan fingerprint density at radius 1 is 1.53 bits per heavy atom. The molecule has 7 heteroatoms. The van der Waals surface area contributed by atoms with E-state index in [0.29, 0.717) is 30.6 Å². The molecular formula is C12H15FN2O2S2. The summed E-state index contributed by atoms with van der Waals surface area (Å²) in [6, 6.07) is 4.05. The molecule has 1 unspecified atom stereocenters. The summed E-state index contributed by atoms with van der Waals surface area (Å²) in [4.78, 5) is 0.0799. The maximum absolute atomic E-state index is 13.1. The highest BCUT2D eigenvalue weighted by molar-refractivity contribution is 7.92. The number of hydrogen-bond acceptors (Lipinski definition) is 4. The Morgan fingerprint density at radius 3 is 2.84 bits per heavy atom. The normalized spacial score (nSPS) is 21.2. The fourth-order valence-electron chi connectivity index (χ4n) is 2.19. The lowest BCUT2D eigenvalue weighted by atomic mass is 10.1.